The molecule has 0 bridgehead atoms. The molecule has 0 N–H and O–H groups in total. The van der Waals surface area contributed by atoms with Crippen molar-refractivity contribution in [3.63, 3.8) is 0 Å². The van der Waals surface area contributed by atoms with Gasteiger partial charge < -0.3 is 4.74 Å². The molecule has 0 saturated heterocycles. The van der Waals surface area contributed by atoms with Gasteiger partial charge in [0.15, 0.2) is 0 Å². The van der Waals surface area contributed by atoms with Crippen molar-refractivity contribution in [2.24, 2.45) is 40.4 Å². The fraction of sp³-hybridized carbons (Fsp3) is 0.649. The maximum atomic E-state index is 13.2. The second kappa shape index (κ2) is 11.6. The Hall–Kier alpha value is -2.18. The molecule has 43 heavy (non-hydrogen) atoms. The number of fused-ring (bicyclic) bond motifs is 5. The van der Waals surface area contributed by atoms with E-state index in [1.54, 1.807) is 24.3 Å². The van der Waals surface area contributed by atoms with E-state index in [0.29, 0.717) is 55.3 Å². The van der Waals surface area contributed by atoms with Crippen LogP contribution >= 0.6 is 0 Å². The van der Waals surface area contributed by atoms with Crippen LogP contribution in [0.25, 0.3) is 0 Å². The van der Waals surface area contributed by atoms with Crippen molar-refractivity contribution in [3.05, 3.63) is 65.3 Å². The number of esters is 1. The molecule has 8 atom stereocenters. The maximum absolute atomic E-state index is 13.2. The molecule has 0 heterocycles. The fourth-order valence-corrected chi connectivity index (χ4v) is 9.99. The lowest BCUT2D eigenvalue weighted by Gasteiger charge is -2.58. The van der Waals surface area contributed by atoms with E-state index in [1.807, 2.05) is 6.92 Å². The lowest BCUT2D eigenvalue weighted by atomic mass is 9.50. The summed E-state index contributed by atoms with van der Waals surface area (Å²) in [5.74, 6) is 2.52. The number of benzene rings is 1. The van der Waals surface area contributed by atoms with Crippen LogP contribution in [0.2, 0.25) is 0 Å². The first-order valence-electron chi connectivity index (χ1n) is 16.4. The quantitative estimate of drug-likeness (QED) is 0.168. The summed E-state index contributed by atoms with van der Waals surface area (Å²) in [7, 11) is -3.94. The van der Waals surface area contributed by atoms with Crippen LogP contribution in [0.3, 0.4) is 0 Å². The molecule has 6 heteroatoms. The van der Waals surface area contributed by atoms with Crippen LogP contribution in [-0.2, 0) is 23.8 Å². The van der Waals surface area contributed by atoms with Gasteiger partial charge in [0.25, 0.3) is 10.1 Å². The van der Waals surface area contributed by atoms with E-state index < -0.39 is 27.2 Å². The average Bonchev–Trinajstić information content (AvgIpc) is 3.29. The third kappa shape index (κ3) is 5.72. The third-order valence-electron chi connectivity index (χ3n) is 11.9. The molecule has 236 valence electrons. The molecule has 4 aliphatic carbocycles. The Morgan fingerprint density at radius 3 is 2.33 bits per heavy atom. The summed E-state index contributed by atoms with van der Waals surface area (Å²) in [6.07, 6.45) is 14.8. The number of allylic oxidation sites excluding steroid dienone is 4. The van der Waals surface area contributed by atoms with Crippen LogP contribution in [0.4, 0.5) is 0 Å². The van der Waals surface area contributed by atoms with Gasteiger partial charge in [-0.1, -0.05) is 83.5 Å². The second-order valence-corrected chi connectivity index (χ2v) is 16.5. The molecule has 2 fully saturated rings. The van der Waals surface area contributed by atoms with Crippen LogP contribution in [-0.4, -0.2) is 26.1 Å². The van der Waals surface area contributed by atoms with Crippen molar-refractivity contribution in [1.29, 1.82) is 0 Å². The molecule has 5 rings (SSSR count). The summed E-state index contributed by atoms with van der Waals surface area (Å²) in [6, 6.07) is 6.74. The van der Waals surface area contributed by atoms with E-state index in [0.717, 1.165) is 12.0 Å². The number of hydrogen-bond donors (Lipinski definition) is 0. The van der Waals surface area contributed by atoms with Gasteiger partial charge in [-0.15, -0.1) is 0 Å². The van der Waals surface area contributed by atoms with Gasteiger partial charge in [0, 0.05) is 25.2 Å². The Morgan fingerprint density at radius 2 is 1.67 bits per heavy atom. The molecule has 1 aromatic rings. The standard InChI is InChI=1S/C37H52O5S/c1-24(2)26(4)11-12-27(5)32-15-16-33-31-18-22-37(41-28(6)38)23-29(42-43(39,40)30-13-9-25(3)10-14-30)17-21-36(37,8)34(31)19-20-35(32,33)7/h9-14,18-19,24,26-27,29,32-33H,15-17,20-23H2,1-8H3/b12-11+/t26-,27+,29+,32+,33+,35-,36+,37+/m0/s1. The van der Waals surface area contributed by atoms with E-state index in [1.165, 1.54) is 30.9 Å². The molecule has 4 aliphatic rings. The van der Waals surface area contributed by atoms with Crippen LogP contribution in [0.5, 0.6) is 0 Å². The SMILES string of the molecule is CC(=O)O[C@@]12CC=C3C(=CC[C@]4(C)[C@@H]3CC[C@@H]4[C@H](C)/C=C/[C@H](C)C(C)C)[C@@]1(C)CC[C@@H](OS(=O)(=O)c1ccc(C)cc1)C2. The minimum atomic E-state index is -3.94. The Labute approximate surface area is 260 Å². The molecule has 0 unspecified atom stereocenters. The fourth-order valence-electron chi connectivity index (χ4n) is 8.89. The zero-order valence-electron chi connectivity index (χ0n) is 27.5. The van der Waals surface area contributed by atoms with E-state index in [-0.39, 0.29) is 16.3 Å². The summed E-state index contributed by atoms with van der Waals surface area (Å²) in [6.45, 7) is 17.4. The first-order chi connectivity index (χ1) is 20.1. The minimum absolute atomic E-state index is 0.159. The van der Waals surface area contributed by atoms with Gasteiger partial charge in [0.2, 0.25) is 0 Å². The lowest BCUT2D eigenvalue weighted by Crippen LogP contribution is -2.58. The van der Waals surface area contributed by atoms with Crippen molar-refractivity contribution < 1.29 is 22.1 Å². The van der Waals surface area contributed by atoms with Crippen LogP contribution in [0.1, 0.15) is 99.0 Å². The van der Waals surface area contributed by atoms with Gasteiger partial charge in [0.1, 0.15) is 5.60 Å². The highest BCUT2D eigenvalue weighted by atomic mass is 32.2. The molecular weight excluding hydrogens is 556 g/mol. The van der Waals surface area contributed by atoms with Gasteiger partial charge in [-0.3, -0.25) is 8.98 Å². The summed E-state index contributed by atoms with van der Waals surface area (Å²) in [4.78, 5) is 12.7. The highest BCUT2D eigenvalue weighted by molar-refractivity contribution is 7.86. The van der Waals surface area contributed by atoms with Crippen molar-refractivity contribution >= 4 is 16.1 Å². The van der Waals surface area contributed by atoms with Gasteiger partial charge in [-0.2, -0.15) is 8.42 Å². The van der Waals surface area contributed by atoms with Crippen LogP contribution in [0, 0.1) is 47.3 Å². The Balaban J connectivity index is 1.42. The van der Waals surface area contributed by atoms with Crippen molar-refractivity contribution in [1.82, 2.24) is 0 Å². The second-order valence-electron chi connectivity index (χ2n) is 14.9. The minimum Gasteiger partial charge on any atom is -0.458 e. The predicted molar refractivity (Wildman–Crippen MR) is 172 cm³/mol. The van der Waals surface area contributed by atoms with E-state index in [2.05, 4.69) is 65.8 Å². The van der Waals surface area contributed by atoms with Crippen molar-refractivity contribution in [2.75, 3.05) is 0 Å². The number of carbonyl (C=O) groups excluding carboxylic acids is 1. The Kier molecular flexibility index (Phi) is 8.72. The van der Waals surface area contributed by atoms with E-state index in [9.17, 15) is 13.2 Å². The summed E-state index contributed by atoms with van der Waals surface area (Å²) in [5.41, 5.74) is 2.71. The normalized spacial score (nSPS) is 35.4. The first-order valence-corrected chi connectivity index (χ1v) is 17.8. The monoisotopic (exact) mass is 608 g/mol. The molecule has 2 saturated carbocycles. The highest BCUT2D eigenvalue weighted by Gasteiger charge is 2.62. The van der Waals surface area contributed by atoms with E-state index >= 15 is 0 Å². The molecule has 0 amide bonds. The lowest BCUT2D eigenvalue weighted by molar-refractivity contribution is -0.184. The smallest absolute Gasteiger partial charge is 0.303 e. The highest BCUT2D eigenvalue weighted by Crippen LogP contribution is 2.66. The molecule has 1 aromatic carbocycles. The Bertz CT molecular complexity index is 1420. The third-order valence-corrected chi connectivity index (χ3v) is 13.3. The molecule has 0 spiro atoms. The topological polar surface area (TPSA) is 69.7 Å². The Morgan fingerprint density at radius 1 is 0.977 bits per heavy atom. The maximum Gasteiger partial charge on any atom is 0.303 e. The zero-order valence-corrected chi connectivity index (χ0v) is 28.3. The number of hydrogen-bond acceptors (Lipinski definition) is 5. The molecule has 0 aliphatic heterocycles. The van der Waals surface area contributed by atoms with Crippen molar-refractivity contribution in [2.45, 2.75) is 117 Å². The van der Waals surface area contributed by atoms with Crippen LogP contribution in [0.15, 0.2) is 64.6 Å². The number of rotatable bonds is 8. The number of carbonyl (C=O) groups is 1. The molecule has 0 aromatic heterocycles. The molecule has 5 nitrogen and oxygen atoms in total. The van der Waals surface area contributed by atoms with Gasteiger partial charge >= 0.3 is 5.97 Å². The summed E-state index contributed by atoms with van der Waals surface area (Å²) in [5, 5.41) is 0. The van der Waals surface area contributed by atoms with Gasteiger partial charge in [-0.25, -0.2) is 0 Å². The van der Waals surface area contributed by atoms with Crippen molar-refractivity contribution in [3.8, 4) is 0 Å². The summed E-state index contributed by atoms with van der Waals surface area (Å²) < 4.78 is 38.5. The van der Waals surface area contributed by atoms with Gasteiger partial charge in [-0.05, 0) is 97.3 Å². The average molecular weight is 609 g/mol. The zero-order chi connectivity index (χ0) is 31.4. The van der Waals surface area contributed by atoms with Gasteiger partial charge in [0.05, 0.1) is 11.0 Å². The summed E-state index contributed by atoms with van der Waals surface area (Å²) >= 11 is 0. The predicted octanol–water partition coefficient (Wildman–Crippen LogP) is 8.74. The first kappa shape index (κ1) is 32.2. The van der Waals surface area contributed by atoms with E-state index in [4.69, 9.17) is 8.92 Å². The number of ether oxygens (including phenoxy) is 1. The number of aryl methyl sites for hydroxylation is 1. The van der Waals surface area contributed by atoms with Crippen LogP contribution < -0.4 is 0 Å². The molecule has 0 radical (unpaired) electrons. The molecular formula is C37H52O5S. The largest absolute Gasteiger partial charge is 0.458 e.